The van der Waals surface area contributed by atoms with Crippen LogP contribution < -0.4 is 0 Å². The molecule has 0 aliphatic heterocycles. The summed E-state index contributed by atoms with van der Waals surface area (Å²) in [6.45, 7) is 0. The molecule has 2 rings (SSSR count). The summed E-state index contributed by atoms with van der Waals surface area (Å²) in [5.41, 5.74) is 2.38. The van der Waals surface area contributed by atoms with E-state index in [0.717, 1.165) is 16.9 Å². The van der Waals surface area contributed by atoms with E-state index in [2.05, 4.69) is 27.0 Å². The van der Waals surface area contributed by atoms with Gasteiger partial charge in [-0.25, -0.2) is 4.98 Å². The molecule has 1 saturated carbocycles. The van der Waals surface area contributed by atoms with E-state index in [4.69, 9.17) is 11.6 Å². The fourth-order valence-corrected chi connectivity index (χ4v) is 1.82. The van der Waals surface area contributed by atoms with Crippen molar-refractivity contribution < 1.29 is 0 Å². The zero-order valence-corrected chi connectivity index (χ0v) is 8.90. The van der Waals surface area contributed by atoms with Crippen molar-refractivity contribution in [2.45, 2.75) is 24.1 Å². The lowest BCUT2D eigenvalue weighted by molar-refractivity contribution is 1.07. The van der Waals surface area contributed by atoms with Gasteiger partial charge in [0.15, 0.2) is 0 Å². The maximum absolute atomic E-state index is 5.87. The third-order valence-electron chi connectivity index (χ3n) is 2.06. The van der Waals surface area contributed by atoms with Crippen molar-refractivity contribution in [1.82, 2.24) is 4.98 Å². The monoisotopic (exact) mass is 245 g/mol. The number of pyridine rings is 1. The van der Waals surface area contributed by atoms with Crippen molar-refractivity contribution in [3.8, 4) is 0 Å². The molecule has 0 aromatic carbocycles. The number of rotatable bonds is 2. The molecular weight excluding hydrogens is 237 g/mol. The van der Waals surface area contributed by atoms with Crippen molar-refractivity contribution in [3.05, 3.63) is 28.5 Å². The Morgan fingerprint density at radius 2 is 2.25 bits per heavy atom. The second kappa shape index (κ2) is 3.35. The summed E-state index contributed by atoms with van der Waals surface area (Å²) in [7, 11) is 0. The fraction of sp³-hybridized carbons (Fsp3) is 0.444. The predicted molar refractivity (Wildman–Crippen MR) is 53.9 cm³/mol. The Morgan fingerprint density at radius 3 is 2.83 bits per heavy atom. The third kappa shape index (κ3) is 1.80. The van der Waals surface area contributed by atoms with Crippen LogP contribution in [0.15, 0.2) is 12.1 Å². The van der Waals surface area contributed by atoms with Gasteiger partial charge in [0, 0.05) is 5.33 Å². The molecule has 1 nitrogen and oxygen atoms in total. The number of hydrogen-bond acceptors (Lipinski definition) is 1. The van der Waals surface area contributed by atoms with Gasteiger partial charge in [-0.15, -0.1) is 0 Å². The molecule has 0 bridgehead atoms. The van der Waals surface area contributed by atoms with Gasteiger partial charge < -0.3 is 0 Å². The Balaban J connectivity index is 2.34. The van der Waals surface area contributed by atoms with Gasteiger partial charge >= 0.3 is 0 Å². The topological polar surface area (TPSA) is 12.9 Å². The second-order valence-electron chi connectivity index (χ2n) is 3.12. The Kier molecular flexibility index (Phi) is 2.37. The molecule has 1 fully saturated rings. The molecule has 0 unspecified atom stereocenters. The summed E-state index contributed by atoms with van der Waals surface area (Å²) >= 11 is 9.24. The Bertz CT molecular complexity index is 297. The van der Waals surface area contributed by atoms with E-state index in [0.29, 0.717) is 5.15 Å². The van der Waals surface area contributed by atoms with Crippen molar-refractivity contribution in [1.29, 1.82) is 0 Å². The highest BCUT2D eigenvalue weighted by Crippen LogP contribution is 2.40. The van der Waals surface area contributed by atoms with E-state index in [1.165, 1.54) is 18.4 Å². The van der Waals surface area contributed by atoms with Crippen molar-refractivity contribution in [3.63, 3.8) is 0 Å². The Hall–Kier alpha value is -0.0800. The van der Waals surface area contributed by atoms with Gasteiger partial charge in [-0.05, 0) is 36.5 Å². The summed E-state index contributed by atoms with van der Waals surface area (Å²) in [5, 5.41) is 1.40. The van der Waals surface area contributed by atoms with Crippen molar-refractivity contribution in [2.75, 3.05) is 0 Å². The average molecular weight is 247 g/mol. The third-order valence-corrected chi connectivity index (χ3v) is 2.82. The van der Waals surface area contributed by atoms with Gasteiger partial charge in [0.25, 0.3) is 0 Å². The van der Waals surface area contributed by atoms with Crippen molar-refractivity contribution in [2.24, 2.45) is 0 Å². The molecule has 0 saturated heterocycles. The molecule has 0 amide bonds. The molecule has 3 heteroatoms. The molecule has 1 aromatic rings. The minimum Gasteiger partial charge on any atom is -0.240 e. The van der Waals surface area contributed by atoms with Gasteiger partial charge in [0.05, 0.1) is 5.69 Å². The first kappa shape index (κ1) is 8.52. The summed E-state index contributed by atoms with van der Waals surface area (Å²) in [5.74, 6) is 0.753. The minimum atomic E-state index is 0.619. The van der Waals surface area contributed by atoms with Gasteiger partial charge in [0.2, 0.25) is 0 Å². The van der Waals surface area contributed by atoms with E-state index in [1.807, 2.05) is 6.07 Å². The maximum atomic E-state index is 5.87. The molecule has 64 valence electrons. The number of hydrogen-bond donors (Lipinski definition) is 0. The normalized spacial score (nSPS) is 16.5. The first-order valence-electron chi connectivity index (χ1n) is 4.02. The average Bonchev–Trinajstić information content (AvgIpc) is 2.85. The molecule has 0 radical (unpaired) electrons. The van der Waals surface area contributed by atoms with Gasteiger partial charge in [-0.1, -0.05) is 27.5 Å². The van der Waals surface area contributed by atoms with E-state index in [-0.39, 0.29) is 0 Å². The van der Waals surface area contributed by atoms with E-state index >= 15 is 0 Å². The van der Waals surface area contributed by atoms with Crippen LogP contribution in [0.1, 0.15) is 30.0 Å². The number of nitrogens with zero attached hydrogens (tertiary/aromatic N) is 1. The zero-order chi connectivity index (χ0) is 8.55. The molecule has 1 aliphatic rings. The lowest BCUT2D eigenvalue weighted by atomic mass is 10.1. The Morgan fingerprint density at radius 1 is 1.50 bits per heavy atom. The summed E-state index contributed by atoms with van der Waals surface area (Å²) < 4.78 is 0. The molecule has 0 spiro atoms. The lowest BCUT2D eigenvalue weighted by Crippen LogP contribution is -1.89. The summed E-state index contributed by atoms with van der Waals surface area (Å²) in [4.78, 5) is 4.18. The fourth-order valence-electron chi connectivity index (χ4n) is 1.29. The van der Waals surface area contributed by atoms with Gasteiger partial charge in [-0.3, -0.25) is 0 Å². The molecule has 1 heterocycles. The number of alkyl halides is 1. The van der Waals surface area contributed by atoms with Crippen LogP contribution in [0.5, 0.6) is 0 Å². The van der Waals surface area contributed by atoms with E-state index in [9.17, 15) is 0 Å². The van der Waals surface area contributed by atoms with Crippen LogP contribution in [-0.4, -0.2) is 4.98 Å². The largest absolute Gasteiger partial charge is 0.240 e. The molecule has 12 heavy (non-hydrogen) atoms. The van der Waals surface area contributed by atoms with Crippen LogP contribution in [0.2, 0.25) is 5.15 Å². The molecule has 0 atom stereocenters. The second-order valence-corrected chi connectivity index (χ2v) is 4.07. The smallest absolute Gasteiger partial charge is 0.129 e. The molecule has 1 aliphatic carbocycles. The minimum absolute atomic E-state index is 0.619. The summed E-state index contributed by atoms with van der Waals surface area (Å²) in [6, 6.07) is 4.11. The first-order chi connectivity index (χ1) is 5.79. The SMILES string of the molecule is Clc1cc(C2CC2)cc(CBr)n1. The van der Waals surface area contributed by atoms with Gasteiger partial charge in [0.1, 0.15) is 5.15 Å². The van der Waals surface area contributed by atoms with Gasteiger partial charge in [-0.2, -0.15) is 0 Å². The quantitative estimate of drug-likeness (QED) is 0.575. The van der Waals surface area contributed by atoms with Crippen LogP contribution in [-0.2, 0) is 5.33 Å². The number of halogens is 2. The molecular formula is C9H9BrClN. The Labute approximate surface area is 85.3 Å². The summed E-state index contributed by atoms with van der Waals surface area (Å²) in [6.07, 6.45) is 2.62. The zero-order valence-electron chi connectivity index (χ0n) is 6.56. The van der Waals surface area contributed by atoms with E-state index in [1.54, 1.807) is 0 Å². The highest BCUT2D eigenvalue weighted by molar-refractivity contribution is 9.08. The van der Waals surface area contributed by atoms with Crippen LogP contribution >= 0.6 is 27.5 Å². The van der Waals surface area contributed by atoms with Crippen LogP contribution in [0.3, 0.4) is 0 Å². The standard InChI is InChI=1S/C9H9BrClN/c10-5-8-3-7(6-1-2-6)4-9(11)12-8/h3-4,6H,1-2,5H2. The van der Waals surface area contributed by atoms with Crippen molar-refractivity contribution >= 4 is 27.5 Å². The van der Waals surface area contributed by atoms with Crippen LogP contribution in [0, 0.1) is 0 Å². The number of aromatic nitrogens is 1. The predicted octanol–water partition coefficient (Wildman–Crippen LogP) is 3.51. The highest BCUT2D eigenvalue weighted by Gasteiger charge is 2.24. The first-order valence-corrected chi connectivity index (χ1v) is 5.52. The van der Waals surface area contributed by atoms with Crippen LogP contribution in [0.4, 0.5) is 0 Å². The molecule has 0 N–H and O–H groups in total. The highest BCUT2D eigenvalue weighted by atomic mass is 79.9. The molecule has 1 aromatic heterocycles. The van der Waals surface area contributed by atoms with Crippen LogP contribution in [0.25, 0.3) is 0 Å². The maximum Gasteiger partial charge on any atom is 0.129 e. The van der Waals surface area contributed by atoms with E-state index < -0.39 is 0 Å². The lowest BCUT2D eigenvalue weighted by Gasteiger charge is -2.01.